The summed E-state index contributed by atoms with van der Waals surface area (Å²) in [4.78, 5) is 0. The molecule has 14 heavy (non-hydrogen) atoms. The quantitative estimate of drug-likeness (QED) is 0.503. The van der Waals surface area contributed by atoms with Gasteiger partial charge in [-0.2, -0.15) is 0 Å². The molecule has 2 fully saturated rings. The Hall–Kier alpha value is -0.440. The van der Waals surface area contributed by atoms with Crippen LogP contribution in [0.5, 0.6) is 0 Å². The van der Waals surface area contributed by atoms with E-state index in [2.05, 4.69) is 26.7 Å². The van der Waals surface area contributed by atoms with Crippen molar-refractivity contribution in [3.8, 4) is 12.8 Å². The van der Waals surface area contributed by atoms with Crippen molar-refractivity contribution in [2.75, 3.05) is 0 Å². The van der Waals surface area contributed by atoms with Crippen LogP contribution in [-0.2, 0) is 0 Å². The molecule has 0 bridgehead atoms. The fourth-order valence-electron chi connectivity index (χ4n) is 3.55. The van der Waals surface area contributed by atoms with Crippen LogP contribution in [0.4, 0.5) is 0 Å². The molecule has 0 N–H and O–H groups in total. The smallest absolute Gasteiger partial charge is 0.0272 e. The van der Waals surface area contributed by atoms with Crippen LogP contribution in [0.3, 0.4) is 0 Å². The molecule has 0 radical (unpaired) electrons. The second-order valence-electron chi connectivity index (χ2n) is 5.28. The lowest BCUT2D eigenvalue weighted by atomic mass is 9.56. The predicted octanol–water partition coefficient (Wildman–Crippen LogP) is 4.25. The minimum Gasteiger partial charge on any atom is -0.124 e. The molecule has 0 amide bonds. The normalized spacial score (nSPS) is 41.7. The fraction of sp³-hybridized carbons (Fsp3) is 0.857. The molecule has 0 heterocycles. The Bertz CT molecular complexity index is 189. The third-order valence-corrected chi connectivity index (χ3v) is 4.77. The van der Waals surface area contributed by atoms with Gasteiger partial charge in [0.15, 0.2) is 0 Å². The van der Waals surface area contributed by atoms with Gasteiger partial charge < -0.3 is 0 Å². The topological polar surface area (TPSA) is 0 Å². The van der Waals surface area contributed by atoms with E-state index in [4.69, 9.17) is 0 Å². The van der Waals surface area contributed by atoms with E-state index in [-0.39, 0.29) is 0 Å². The fourth-order valence-corrected chi connectivity index (χ4v) is 3.55. The highest BCUT2D eigenvalue weighted by molar-refractivity contribution is 4.92. The molecule has 0 aliphatic heterocycles. The van der Waals surface area contributed by atoms with E-state index in [9.17, 15) is 0 Å². The molecule has 0 spiro atoms. The number of fused-ring (bicyclic) bond motifs is 1. The van der Waals surface area contributed by atoms with Gasteiger partial charge in [0.1, 0.15) is 0 Å². The Kier molecular flexibility index (Phi) is 4.05. The standard InChI is InChI=1S/C12H22.C2H2/c1-10-6-5-8-11-7-3-4-9-12(10,11)2;1-2/h10-11H,3-9H2,1-2H3;1-2H/t10?,11?,12-;/m1./s1. The Morgan fingerprint density at radius 1 is 1.00 bits per heavy atom. The molecule has 0 heteroatoms. The van der Waals surface area contributed by atoms with Gasteiger partial charge in [0.05, 0.1) is 0 Å². The van der Waals surface area contributed by atoms with Crippen LogP contribution in [0.1, 0.15) is 58.8 Å². The molecule has 2 saturated carbocycles. The van der Waals surface area contributed by atoms with Gasteiger partial charge in [-0.3, -0.25) is 0 Å². The molecule has 0 aromatic carbocycles. The van der Waals surface area contributed by atoms with Crippen LogP contribution in [0.2, 0.25) is 0 Å². The lowest BCUT2D eigenvalue weighted by Gasteiger charge is -2.49. The molecule has 0 aromatic rings. The monoisotopic (exact) mass is 192 g/mol. The highest BCUT2D eigenvalue weighted by atomic mass is 14.5. The molecule has 0 aromatic heterocycles. The van der Waals surface area contributed by atoms with Crippen LogP contribution >= 0.6 is 0 Å². The number of rotatable bonds is 0. The minimum absolute atomic E-state index is 0.733. The lowest BCUT2D eigenvalue weighted by molar-refractivity contribution is 0.0108. The zero-order valence-electron chi connectivity index (χ0n) is 9.76. The summed E-state index contributed by atoms with van der Waals surface area (Å²) in [6, 6.07) is 0. The lowest BCUT2D eigenvalue weighted by Crippen LogP contribution is -2.39. The summed E-state index contributed by atoms with van der Waals surface area (Å²) in [6.45, 7) is 5.04. The highest BCUT2D eigenvalue weighted by Gasteiger charge is 2.42. The molecular weight excluding hydrogens is 168 g/mol. The number of hydrogen-bond acceptors (Lipinski definition) is 0. The molecule has 0 saturated heterocycles. The third kappa shape index (κ3) is 1.97. The molecular formula is C14H24. The van der Waals surface area contributed by atoms with Gasteiger partial charge in [-0.1, -0.05) is 39.5 Å². The van der Waals surface area contributed by atoms with Crippen molar-refractivity contribution < 1.29 is 0 Å². The second-order valence-corrected chi connectivity index (χ2v) is 5.28. The summed E-state index contributed by atoms with van der Waals surface area (Å²) in [5, 5.41) is 0. The second kappa shape index (κ2) is 4.87. The molecule has 2 aliphatic rings. The van der Waals surface area contributed by atoms with E-state index < -0.39 is 0 Å². The van der Waals surface area contributed by atoms with Crippen molar-refractivity contribution in [2.45, 2.75) is 58.8 Å². The summed E-state index contributed by atoms with van der Waals surface area (Å²) in [5.74, 6) is 2.08. The maximum Gasteiger partial charge on any atom is -0.0272 e. The zero-order chi connectivity index (χ0) is 10.6. The summed E-state index contributed by atoms with van der Waals surface area (Å²) in [7, 11) is 0. The van der Waals surface area contributed by atoms with E-state index in [1.807, 2.05) is 0 Å². The van der Waals surface area contributed by atoms with Crippen molar-refractivity contribution in [2.24, 2.45) is 17.3 Å². The Balaban J connectivity index is 0.000000461. The van der Waals surface area contributed by atoms with Gasteiger partial charge >= 0.3 is 0 Å². The van der Waals surface area contributed by atoms with Crippen LogP contribution in [0, 0.1) is 30.1 Å². The van der Waals surface area contributed by atoms with Gasteiger partial charge in [0, 0.05) is 0 Å². The molecule has 2 unspecified atom stereocenters. The number of hydrogen-bond donors (Lipinski definition) is 0. The largest absolute Gasteiger partial charge is 0.124 e. The van der Waals surface area contributed by atoms with Crippen LogP contribution in [0.25, 0.3) is 0 Å². The molecule has 3 atom stereocenters. The Morgan fingerprint density at radius 2 is 1.64 bits per heavy atom. The SMILES string of the molecule is C#C.CC1CCCC2CCCC[C@]12C. The van der Waals surface area contributed by atoms with Crippen molar-refractivity contribution in [3.63, 3.8) is 0 Å². The van der Waals surface area contributed by atoms with Crippen LogP contribution in [0.15, 0.2) is 0 Å². The Labute approximate surface area is 89.5 Å². The molecule has 80 valence electrons. The number of terminal acetylenes is 1. The van der Waals surface area contributed by atoms with Crippen molar-refractivity contribution in [3.05, 3.63) is 0 Å². The molecule has 0 nitrogen and oxygen atoms in total. The first-order chi connectivity index (χ1) is 6.73. The average molecular weight is 192 g/mol. The van der Waals surface area contributed by atoms with E-state index in [0.717, 1.165) is 17.3 Å². The Morgan fingerprint density at radius 3 is 2.29 bits per heavy atom. The summed E-state index contributed by atoms with van der Waals surface area (Å²) >= 11 is 0. The average Bonchev–Trinajstić information content (AvgIpc) is 2.23. The zero-order valence-corrected chi connectivity index (χ0v) is 9.76. The van der Waals surface area contributed by atoms with Crippen molar-refractivity contribution in [1.29, 1.82) is 0 Å². The maximum atomic E-state index is 4.00. The maximum absolute atomic E-state index is 4.00. The van der Waals surface area contributed by atoms with Gasteiger partial charge in [-0.25, -0.2) is 0 Å². The minimum atomic E-state index is 0.733. The van der Waals surface area contributed by atoms with Gasteiger partial charge in [0.2, 0.25) is 0 Å². The van der Waals surface area contributed by atoms with Crippen molar-refractivity contribution >= 4 is 0 Å². The summed E-state index contributed by atoms with van der Waals surface area (Å²) in [6.07, 6.45) is 18.6. The first-order valence-electron chi connectivity index (χ1n) is 6.07. The van der Waals surface area contributed by atoms with E-state index in [0.29, 0.717) is 0 Å². The van der Waals surface area contributed by atoms with Gasteiger partial charge in [-0.15, -0.1) is 12.8 Å². The highest BCUT2D eigenvalue weighted by Crippen LogP contribution is 2.52. The van der Waals surface area contributed by atoms with E-state index in [1.165, 1.54) is 44.9 Å². The van der Waals surface area contributed by atoms with Crippen molar-refractivity contribution in [1.82, 2.24) is 0 Å². The van der Waals surface area contributed by atoms with Crippen LogP contribution in [-0.4, -0.2) is 0 Å². The predicted molar refractivity (Wildman–Crippen MR) is 63.0 cm³/mol. The first-order valence-corrected chi connectivity index (χ1v) is 6.07. The first kappa shape index (κ1) is 11.6. The van der Waals surface area contributed by atoms with Crippen LogP contribution < -0.4 is 0 Å². The van der Waals surface area contributed by atoms with E-state index >= 15 is 0 Å². The van der Waals surface area contributed by atoms with E-state index in [1.54, 1.807) is 0 Å². The van der Waals surface area contributed by atoms with Gasteiger partial charge in [0.25, 0.3) is 0 Å². The summed E-state index contributed by atoms with van der Waals surface area (Å²) < 4.78 is 0. The van der Waals surface area contributed by atoms with Gasteiger partial charge in [-0.05, 0) is 36.5 Å². The third-order valence-electron chi connectivity index (χ3n) is 4.77. The molecule has 2 rings (SSSR count). The summed E-state index contributed by atoms with van der Waals surface area (Å²) in [5.41, 5.74) is 0.733. The molecule has 2 aliphatic carbocycles.